The van der Waals surface area contributed by atoms with Crippen molar-refractivity contribution in [3.63, 3.8) is 0 Å². The molecule has 1 aromatic rings. The molecule has 1 fully saturated rings. The second-order valence-electron chi connectivity index (χ2n) is 6.16. The first kappa shape index (κ1) is 17.1. The molecule has 0 unspecified atom stereocenters. The normalized spacial score (nSPS) is 26.3. The minimum absolute atomic E-state index is 0.164. The van der Waals surface area contributed by atoms with Crippen molar-refractivity contribution in [2.24, 2.45) is 11.8 Å². The second-order valence-corrected chi connectivity index (χ2v) is 7.08. The maximum absolute atomic E-state index is 12.2. The van der Waals surface area contributed by atoms with Crippen molar-refractivity contribution in [2.75, 3.05) is 0 Å². The Labute approximate surface area is 139 Å². The zero-order chi connectivity index (χ0) is 16.3. The number of aromatic amines is 1. The van der Waals surface area contributed by atoms with Crippen molar-refractivity contribution in [1.82, 2.24) is 10.3 Å². The first-order chi connectivity index (χ1) is 10.4. The first-order valence-corrected chi connectivity index (χ1v) is 8.53. The summed E-state index contributed by atoms with van der Waals surface area (Å²) in [6, 6.07) is 1.79. The molecule has 1 aliphatic carbocycles. The highest BCUT2D eigenvalue weighted by Gasteiger charge is 2.30. The van der Waals surface area contributed by atoms with Gasteiger partial charge in [0.15, 0.2) is 6.10 Å². The Hall–Kier alpha value is -1.30. The summed E-state index contributed by atoms with van der Waals surface area (Å²) in [4.78, 5) is 26.9. The maximum Gasteiger partial charge on any atom is 0.355 e. The van der Waals surface area contributed by atoms with Crippen LogP contribution in [0.1, 0.15) is 50.5 Å². The van der Waals surface area contributed by atoms with Gasteiger partial charge in [0.25, 0.3) is 5.91 Å². The van der Waals surface area contributed by atoms with Crippen LogP contribution >= 0.6 is 15.9 Å². The van der Waals surface area contributed by atoms with Crippen LogP contribution in [-0.2, 0) is 9.53 Å². The van der Waals surface area contributed by atoms with Crippen molar-refractivity contribution in [2.45, 2.75) is 52.2 Å². The topological polar surface area (TPSA) is 71.2 Å². The first-order valence-electron chi connectivity index (χ1n) is 7.73. The summed E-state index contributed by atoms with van der Waals surface area (Å²) in [7, 11) is 0. The fourth-order valence-electron chi connectivity index (χ4n) is 2.85. The number of amides is 1. The van der Waals surface area contributed by atoms with Crippen LogP contribution in [0.3, 0.4) is 0 Å². The molecule has 4 atom stereocenters. The molecule has 1 amide bonds. The van der Waals surface area contributed by atoms with E-state index in [2.05, 4.69) is 40.1 Å². The van der Waals surface area contributed by atoms with Gasteiger partial charge in [0, 0.05) is 16.7 Å². The van der Waals surface area contributed by atoms with E-state index >= 15 is 0 Å². The van der Waals surface area contributed by atoms with E-state index in [1.165, 1.54) is 6.42 Å². The molecule has 0 radical (unpaired) electrons. The number of hydrogen-bond donors (Lipinski definition) is 2. The summed E-state index contributed by atoms with van der Waals surface area (Å²) in [5.74, 6) is 0.288. The molecule has 0 aromatic carbocycles. The van der Waals surface area contributed by atoms with Crippen molar-refractivity contribution in [3.05, 3.63) is 22.4 Å². The van der Waals surface area contributed by atoms with E-state index in [9.17, 15) is 9.59 Å². The highest BCUT2D eigenvalue weighted by Crippen LogP contribution is 2.29. The molecular weight excluding hydrogens is 348 g/mol. The number of esters is 1. The molecule has 1 aliphatic rings. The lowest BCUT2D eigenvalue weighted by Crippen LogP contribution is -2.47. The van der Waals surface area contributed by atoms with Crippen LogP contribution in [0.25, 0.3) is 0 Å². The monoisotopic (exact) mass is 370 g/mol. The highest BCUT2D eigenvalue weighted by atomic mass is 79.9. The van der Waals surface area contributed by atoms with E-state index < -0.39 is 12.1 Å². The Balaban J connectivity index is 1.88. The van der Waals surface area contributed by atoms with Crippen LogP contribution in [0.15, 0.2) is 16.7 Å². The fraction of sp³-hybridized carbons (Fsp3) is 0.625. The number of halogens is 1. The van der Waals surface area contributed by atoms with Crippen LogP contribution in [0.4, 0.5) is 0 Å². The largest absolute Gasteiger partial charge is 0.448 e. The van der Waals surface area contributed by atoms with Crippen LogP contribution in [0, 0.1) is 11.8 Å². The maximum atomic E-state index is 12.2. The third kappa shape index (κ3) is 4.12. The number of carbonyl (C=O) groups excluding carboxylic acids is 2. The molecule has 1 heterocycles. The summed E-state index contributed by atoms with van der Waals surface area (Å²) in [6.07, 6.45) is 4.16. The summed E-state index contributed by atoms with van der Waals surface area (Å²) < 4.78 is 5.98. The standard InChI is InChI=1S/C16H23BrN2O3/c1-9-5-4-6-13(10(9)2)19-15(20)11(3)22-16(21)14-7-12(17)8-18-14/h7-11,13,18H,4-6H2,1-3H3,(H,19,20)/t9-,10-,11-,13+/m0/s1. The predicted octanol–water partition coefficient (Wildman–Crippen LogP) is 3.26. The lowest BCUT2D eigenvalue weighted by molar-refractivity contribution is -0.130. The van der Waals surface area contributed by atoms with Crippen LogP contribution < -0.4 is 5.32 Å². The zero-order valence-electron chi connectivity index (χ0n) is 13.2. The number of nitrogens with one attached hydrogen (secondary N) is 2. The minimum atomic E-state index is -0.806. The molecular formula is C16H23BrN2O3. The molecule has 0 bridgehead atoms. The van der Waals surface area contributed by atoms with Crippen molar-refractivity contribution in [1.29, 1.82) is 0 Å². The van der Waals surface area contributed by atoms with Gasteiger partial charge in [-0.3, -0.25) is 4.79 Å². The van der Waals surface area contributed by atoms with Gasteiger partial charge >= 0.3 is 5.97 Å². The molecule has 0 spiro atoms. The number of rotatable bonds is 4. The summed E-state index contributed by atoms with van der Waals surface area (Å²) in [5, 5.41) is 3.03. The average Bonchev–Trinajstić information content (AvgIpc) is 2.90. The molecule has 122 valence electrons. The van der Waals surface area contributed by atoms with Gasteiger partial charge in [0.05, 0.1) is 0 Å². The Kier molecular flexibility index (Phi) is 5.67. The second kappa shape index (κ2) is 7.31. The van der Waals surface area contributed by atoms with Crippen LogP contribution in [0.2, 0.25) is 0 Å². The van der Waals surface area contributed by atoms with Gasteiger partial charge in [-0.25, -0.2) is 4.79 Å². The number of ether oxygens (including phenoxy) is 1. The smallest absolute Gasteiger partial charge is 0.355 e. The van der Waals surface area contributed by atoms with Crippen molar-refractivity contribution < 1.29 is 14.3 Å². The minimum Gasteiger partial charge on any atom is -0.448 e. The number of aromatic nitrogens is 1. The Bertz CT molecular complexity index is 543. The fourth-order valence-corrected chi connectivity index (χ4v) is 3.19. The van der Waals surface area contributed by atoms with Gasteiger partial charge < -0.3 is 15.0 Å². The highest BCUT2D eigenvalue weighted by molar-refractivity contribution is 9.10. The van der Waals surface area contributed by atoms with E-state index in [1.54, 1.807) is 19.2 Å². The summed E-state index contributed by atoms with van der Waals surface area (Å²) >= 11 is 3.26. The van der Waals surface area contributed by atoms with Gasteiger partial charge in [0.2, 0.25) is 0 Å². The van der Waals surface area contributed by atoms with Gasteiger partial charge in [-0.15, -0.1) is 0 Å². The summed E-state index contributed by atoms with van der Waals surface area (Å²) in [6.45, 7) is 5.99. The van der Waals surface area contributed by atoms with Crippen molar-refractivity contribution in [3.8, 4) is 0 Å². The summed E-state index contributed by atoms with van der Waals surface area (Å²) in [5.41, 5.74) is 0.325. The number of H-pyrrole nitrogens is 1. The number of carbonyl (C=O) groups is 2. The molecule has 2 rings (SSSR count). The van der Waals surface area contributed by atoms with E-state index in [0.717, 1.165) is 17.3 Å². The zero-order valence-corrected chi connectivity index (χ0v) is 14.8. The lowest BCUT2D eigenvalue weighted by atomic mass is 9.78. The predicted molar refractivity (Wildman–Crippen MR) is 87.5 cm³/mol. The molecule has 0 saturated heterocycles. The van der Waals surface area contributed by atoms with E-state index in [-0.39, 0.29) is 11.9 Å². The number of hydrogen-bond acceptors (Lipinski definition) is 3. The van der Waals surface area contributed by atoms with Crippen LogP contribution in [0.5, 0.6) is 0 Å². The van der Waals surface area contributed by atoms with Gasteiger partial charge in [-0.05, 0) is 47.2 Å². The molecule has 0 aliphatic heterocycles. The van der Waals surface area contributed by atoms with Gasteiger partial charge in [0.1, 0.15) is 5.69 Å². The third-order valence-corrected chi connectivity index (χ3v) is 5.01. The quantitative estimate of drug-likeness (QED) is 0.798. The van der Waals surface area contributed by atoms with Gasteiger partial charge in [-0.2, -0.15) is 0 Å². The van der Waals surface area contributed by atoms with E-state index in [1.807, 2.05) is 0 Å². The van der Waals surface area contributed by atoms with Crippen molar-refractivity contribution >= 4 is 27.8 Å². The SMILES string of the molecule is C[C@H]1[C@@H](C)CCC[C@H]1NC(=O)[C@H](C)OC(=O)c1cc(Br)c[nH]1. The average molecular weight is 371 g/mol. The molecule has 1 aromatic heterocycles. The third-order valence-electron chi connectivity index (χ3n) is 4.56. The molecule has 22 heavy (non-hydrogen) atoms. The molecule has 6 heteroatoms. The Morgan fingerprint density at radius 2 is 2.14 bits per heavy atom. The Morgan fingerprint density at radius 1 is 1.41 bits per heavy atom. The molecule has 5 nitrogen and oxygen atoms in total. The lowest BCUT2D eigenvalue weighted by Gasteiger charge is -2.35. The molecule has 1 saturated carbocycles. The van der Waals surface area contributed by atoms with E-state index in [0.29, 0.717) is 17.5 Å². The van der Waals surface area contributed by atoms with E-state index in [4.69, 9.17) is 4.74 Å². The Morgan fingerprint density at radius 3 is 2.77 bits per heavy atom. The van der Waals surface area contributed by atoms with Gasteiger partial charge in [-0.1, -0.05) is 26.7 Å². The molecule has 2 N–H and O–H groups in total. The van der Waals surface area contributed by atoms with Crippen LogP contribution in [-0.4, -0.2) is 29.0 Å².